The van der Waals surface area contributed by atoms with Crippen molar-refractivity contribution in [1.82, 2.24) is 15.0 Å². The third-order valence-corrected chi connectivity index (χ3v) is 2.02. The maximum absolute atomic E-state index is 9.12. The zero-order valence-electron chi connectivity index (χ0n) is 9.74. The molecule has 7 nitrogen and oxygen atoms in total. The van der Waals surface area contributed by atoms with Crippen molar-refractivity contribution in [2.45, 2.75) is 19.4 Å². The Morgan fingerprint density at radius 2 is 1.82 bits per heavy atom. The molecule has 96 valence electrons. The molecule has 0 saturated heterocycles. The van der Waals surface area contributed by atoms with Crippen molar-refractivity contribution >= 4 is 23.5 Å². The van der Waals surface area contributed by atoms with Gasteiger partial charge in [-0.1, -0.05) is 0 Å². The fourth-order valence-electron chi connectivity index (χ4n) is 0.995. The minimum atomic E-state index is -0.557. The van der Waals surface area contributed by atoms with Crippen LogP contribution in [-0.2, 0) is 0 Å². The Hall–Kier alpha value is -1.18. The summed E-state index contributed by atoms with van der Waals surface area (Å²) < 4.78 is 0. The van der Waals surface area contributed by atoms with E-state index in [9.17, 15) is 0 Å². The molecule has 8 heteroatoms. The molecule has 1 heterocycles. The fourth-order valence-corrected chi connectivity index (χ4v) is 1.16. The highest BCUT2D eigenvalue weighted by Crippen LogP contribution is 2.14. The van der Waals surface area contributed by atoms with Gasteiger partial charge >= 0.3 is 0 Å². The molecule has 1 rings (SSSR count). The van der Waals surface area contributed by atoms with E-state index in [0.717, 1.165) is 0 Å². The predicted molar refractivity (Wildman–Crippen MR) is 65.2 cm³/mol. The van der Waals surface area contributed by atoms with Gasteiger partial charge in [-0.15, -0.1) is 0 Å². The Labute approximate surface area is 104 Å². The minimum Gasteiger partial charge on any atom is -0.395 e. The quantitative estimate of drug-likeness (QED) is 0.576. The topological polar surface area (TPSA) is 103 Å². The maximum atomic E-state index is 9.12. The lowest BCUT2D eigenvalue weighted by atomic mass is 10.1. The Morgan fingerprint density at radius 1 is 1.18 bits per heavy atom. The molecular weight excluding hydrogens is 246 g/mol. The van der Waals surface area contributed by atoms with Crippen LogP contribution in [0.3, 0.4) is 0 Å². The molecule has 0 bridgehead atoms. The first kappa shape index (κ1) is 13.9. The lowest BCUT2D eigenvalue weighted by Gasteiger charge is -2.23. The summed E-state index contributed by atoms with van der Waals surface area (Å²) in [5, 5.41) is 23.5. The van der Waals surface area contributed by atoms with Crippen LogP contribution in [0.2, 0.25) is 5.28 Å². The molecule has 1 aromatic rings. The number of hydrogen-bond acceptors (Lipinski definition) is 7. The van der Waals surface area contributed by atoms with Crippen LogP contribution in [0.15, 0.2) is 0 Å². The number of anilines is 2. The van der Waals surface area contributed by atoms with Crippen molar-refractivity contribution in [1.29, 1.82) is 0 Å². The molecular formula is C9H16ClN5O2. The summed E-state index contributed by atoms with van der Waals surface area (Å²) in [5.74, 6) is 0.541. The van der Waals surface area contributed by atoms with Gasteiger partial charge in [-0.2, -0.15) is 15.0 Å². The first-order valence-corrected chi connectivity index (χ1v) is 5.50. The molecule has 4 N–H and O–H groups in total. The molecule has 0 amide bonds. The average molecular weight is 262 g/mol. The second-order valence-electron chi connectivity index (χ2n) is 4.07. The summed E-state index contributed by atoms with van der Waals surface area (Å²) >= 11 is 5.73. The lowest BCUT2D eigenvalue weighted by Crippen LogP contribution is -2.35. The standard InChI is InChI=1S/C9H16ClN5O2/c1-9(2,5-17)15-8-13-6(10)12-7(14-8)11-3-4-16/h16-17H,3-5H2,1-2H3,(H2,11,12,13,14,15). The SMILES string of the molecule is CC(C)(CO)Nc1nc(Cl)nc(NCCO)n1. The van der Waals surface area contributed by atoms with Crippen LogP contribution in [0, 0.1) is 0 Å². The van der Waals surface area contributed by atoms with Crippen molar-refractivity contribution in [3.05, 3.63) is 5.28 Å². The van der Waals surface area contributed by atoms with E-state index in [4.69, 9.17) is 21.8 Å². The number of nitrogens with one attached hydrogen (secondary N) is 2. The third kappa shape index (κ3) is 4.68. The van der Waals surface area contributed by atoms with Crippen molar-refractivity contribution in [2.75, 3.05) is 30.4 Å². The van der Waals surface area contributed by atoms with Crippen LogP contribution in [0.25, 0.3) is 0 Å². The van der Waals surface area contributed by atoms with Crippen LogP contribution in [-0.4, -0.2) is 50.5 Å². The van der Waals surface area contributed by atoms with E-state index in [1.807, 2.05) is 0 Å². The van der Waals surface area contributed by atoms with Crippen LogP contribution >= 0.6 is 11.6 Å². The summed E-state index contributed by atoms with van der Waals surface area (Å²) in [6.45, 7) is 3.81. The first-order valence-electron chi connectivity index (χ1n) is 5.12. The van der Waals surface area contributed by atoms with Crippen LogP contribution in [0.1, 0.15) is 13.8 Å². The summed E-state index contributed by atoms with van der Waals surface area (Å²) in [6, 6.07) is 0. The van der Waals surface area contributed by atoms with E-state index in [2.05, 4.69) is 25.6 Å². The molecule has 0 radical (unpaired) electrons. The third-order valence-electron chi connectivity index (χ3n) is 1.85. The zero-order chi connectivity index (χ0) is 12.9. The number of aliphatic hydroxyl groups excluding tert-OH is 2. The fraction of sp³-hybridized carbons (Fsp3) is 0.667. The minimum absolute atomic E-state index is 0.0335. The van der Waals surface area contributed by atoms with E-state index in [0.29, 0.717) is 6.54 Å². The molecule has 1 aromatic heterocycles. The van der Waals surface area contributed by atoms with Gasteiger partial charge < -0.3 is 20.8 Å². The van der Waals surface area contributed by atoms with Crippen LogP contribution in [0.5, 0.6) is 0 Å². The average Bonchev–Trinajstić information content (AvgIpc) is 2.25. The highest BCUT2D eigenvalue weighted by atomic mass is 35.5. The first-order chi connectivity index (χ1) is 7.96. The smallest absolute Gasteiger partial charge is 0.229 e. The molecule has 0 atom stereocenters. The van der Waals surface area contributed by atoms with E-state index >= 15 is 0 Å². The van der Waals surface area contributed by atoms with Crippen molar-refractivity contribution in [2.24, 2.45) is 0 Å². The second kappa shape index (κ2) is 5.95. The van der Waals surface area contributed by atoms with Crippen molar-refractivity contribution in [3.63, 3.8) is 0 Å². The van der Waals surface area contributed by atoms with Gasteiger partial charge in [0.15, 0.2) is 0 Å². The van der Waals surface area contributed by atoms with E-state index in [1.165, 1.54) is 0 Å². The van der Waals surface area contributed by atoms with Gasteiger partial charge in [-0.25, -0.2) is 0 Å². The van der Waals surface area contributed by atoms with E-state index < -0.39 is 5.54 Å². The van der Waals surface area contributed by atoms with Gasteiger partial charge in [0.2, 0.25) is 17.2 Å². The van der Waals surface area contributed by atoms with E-state index in [-0.39, 0.29) is 30.4 Å². The van der Waals surface area contributed by atoms with Crippen molar-refractivity contribution in [3.8, 4) is 0 Å². The maximum Gasteiger partial charge on any atom is 0.229 e. The molecule has 0 unspecified atom stereocenters. The van der Waals surface area contributed by atoms with Gasteiger partial charge in [0.25, 0.3) is 0 Å². The summed E-state index contributed by atoms with van der Waals surface area (Å²) in [5.41, 5.74) is -0.557. The van der Waals surface area contributed by atoms with E-state index in [1.54, 1.807) is 13.8 Å². The molecule has 0 aromatic carbocycles. The van der Waals surface area contributed by atoms with Crippen molar-refractivity contribution < 1.29 is 10.2 Å². The Morgan fingerprint density at radius 3 is 2.41 bits per heavy atom. The highest BCUT2D eigenvalue weighted by molar-refractivity contribution is 6.28. The lowest BCUT2D eigenvalue weighted by molar-refractivity contribution is 0.233. The van der Waals surface area contributed by atoms with Gasteiger partial charge in [-0.3, -0.25) is 0 Å². The molecule has 0 aliphatic carbocycles. The molecule has 0 spiro atoms. The molecule has 0 fully saturated rings. The van der Waals surface area contributed by atoms with Crippen LogP contribution in [0.4, 0.5) is 11.9 Å². The molecule has 0 aliphatic heterocycles. The Bertz CT molecular complexity index is 374. The summed E-state index contributed by atoms with van der Waals surface area (Å²) in [7, 11) is 0. The monoisotopic (exact) mass is 261 g/mol. The number of aromatic nitrogens is 3. The van der Waals surface area contributed by atoms with Gasteiger partial charge in [0.1, 0.15) is 0 Å². The van der Waals surface area contributed by atoms with Gasteiger partial charge in [0, 0.05) is 6.54 Å². The molecule has 17 heavy (non-hydrogen) atoms. The number of aliphatic hydroxyl groups is 2. The van der Waals surface area contributed by atoms with Gasteiger partial charge in [-0.05, 0) is 25.4 Å². The number of rotatable bonds is 6. The highest BCUT2D eigenvalue weighted by Gasteiger charge is 2.18. The van der Waals surface area contributed by atoms with Gasteiger partial charge in [0.05, 0.1) is 18.8 Å². The predicted octanol–water partition coefficient (Wildman–Crippen LogP) is 0.112. The molecule has 0 saturated carbocycles. The largest absolute Gasteiger partial charge is 0.395 e. The second-order valence-corrected chi connectivity index (χ2v) is 4.41. The number of hydrogen-bond donors (Lipinski definition) is 4. The number of nitrogens with zero attached hydrogens (tertiary/aromatic N) is 3. The Kier molecular flexibility index (Phi) is 4.86. The molecule has 0 aliphatic rings. The Balaban J connectivity index is 2.82. The number of halogens is 1. The van der Waals surface area contributed by atoms with Crippen LogP contribution < -0.4 is 10.6 Å². The summed E-state index contributed by atoms with van der Waals surface area (Å²) in [6.07, 6.45) is 0. The normalized spacial score (nSPS) is 11.4. The zero-order valence-corrected chi connectivity index (χ0v) is 10.5. The summed E-state index contributed by atoms with van der Waals surface area (Å²) in [4.78, 5) is 11.8.